The molecule has 0 radical (unpaired) electrons. The summed E-state index contributed by atoms with van der Waals surface area (Å²) in [6.45, 7) is 2.60. The van der Waals surface area contributed by atoms with Gasteiger partial charge in [-0.15, -0.1) is 0 Å². The number of nitrogens with two attached hydrogens (primary N) is 1. The van der Waals surface area contributed by atoms with E-state index in [1.54, 1.807) is 41.3 Å². The van der Waals surface area contributed by atoms with Crippen molar-refractivity contribution in [2.45, 2.75) is 18.9 Å². The number of halogens is 1. The van der Waals surface area contributed by atoms with Crippen LogP contribution in [-0.4, -0.2) is 41.4 Å². The van der Waals surface area contributed by atoms with Crippen LogP contribution in [-0.2, 0) is 0 Å². The van der Waals surface area contributed by atoms with Crippen LogP contribution < -0.4 is 16.4 Å². The van der Waals surface area contributed by atoms with Gasteiger partial charge in [0.2, 0.25) is 0 Å². The van der Waals surface area contributed by atoms with Crippen molar-refractivity contribution in [3.05, 3.63) is 54.3 Å². The topological polar surface area (TPSA) is 92.9 Å². The fraction of sp³-hybridized carbons (Fsp3) is 0.300. The molecule has 4 N–H and O–H groups in total. The first kappa shape index (κ1) is 18.4. The third kappa shape index (κ3) is 3.97. The first-order chi connectivity index (χ1) is 13.7. The molecule has 1 aliphatic rings. The van der Waals surface area contributed by atoms with Gasteiger partial charge in [-0.25, -0.2) is 4.39 Å². The molecule has 8 heteroatoms. The van der Waals surface area contributed by atoms with Gasteiger partial charge in [-0.05, 0) is 49.7 Å². The largest absolute Gasteiger partial charge is 0.432 e. The van der Waals surface area contributed by atoms with Gasteiger partial charge in [0.05, 0.1) is 18.1 Å². The fourth-order valence-electron chi connectivity index (χ4n) is 3.34. The second-order valence-corrected chi connectivity index (χ2v) is 6.73. The van der Waals surface area contributed by atoms with Crippen molar-refractivity contribution in [1.82, 2.24) is 20.0 Å². The van der Waals surface area contributed by atoms with Gasteiger partial charge in [-0.1, -0.05) is 0 Å². The lowest BCUT2D eigenvalue weighted by Crippen LogP contribution is -2.43. The minimum atomic E-state index is -0.301. The van der Waals surface area contributed by atoms with E-state index < -0.39 is 0 Å². The number of piperidine rings is 1. The summed E-state index contributed by atoms with van der Waals surface area (Å²) < 4.78 is 20.4. The Morgan fingerprint density at radius 2 is 2.29 bits per heavy atom. The molecule has 0 aliphatic carbocycles. The summed E-state index contributed by atoms with van der Waals surface area (Å²) in [5.41, 5.74) is 8.90. The van der Waals surface area contributed by atoms with Gasteiger partial charge in [-0.2, -0.15) is 4.98 Å². The standard InChI is InChI=1S/C20H23FN6O/c21-15-5-3-14(4-6-15)18-19(27-10-11-28-20(27)26-18)17(22)7-9-24-13-25-16-2-1-8-23-12-16/h3-7,9-11,16,23,25H,1-2,8,12-13,22H2/b17-7-,24-9-/t16-/m1/s1. The average molecular weight is 382 g/mol. The first-order valence-corrected chi connectivity index (χ1v) is 9.34. The van der Waals surface area contributed by atoms with Crippen molar-refractivity contribution in [3.8, 4) is 11.3 Å². The highest BCUT2D eigenvalue weighted by Gasteiger charge is 2.17. The Morgan fingerprint density at radius 1 is 1.43 bits per heavy atom. The summed E-state index contributed by atoms with van der Waals surface area (Å²) in [4.78, 5) is 8.86. The van der Waals surface area contributed by atoms with Crippen LogP contribution >= 0.6 is 0 Å². The molecule has 0 amide bonds. The molecule has 2 aromatic heterocycles. The minimum Gasteiger partial charge on any atom is -0.432 e. The molecular weight excluding hydrogens is 359 g/mol. The van der Waals surface area contributed by atoms with Gasteiger partial charge in [0, 0.05) is 30.6 Å². The normalized spacial score (nSPS) is 18.3. The molecule has 146 valence electrons. The van der Waals surface area contributed by atoms with E-state index in [9.17, 15) is 4.39 Å². The Labute approximate surface area is 162 Å². The summed E-state index contributed by atoms with van der Waals surface area (Å²) in [6.07, 6.45) is 9.07. The second kappa shape index (κ2) is 8.37. The molecule has 1 aromatic carbocycles. The van der Waals surface area contributed by atoms with Crippen molar-refractivity contribution in [2.24, 2.45) is 10.7 Å². The van der Waals surface area contributed by atoms with Crippen molar-refractivity contribution in [3.63, 3.8) is 0 Å². The van der Waals surface area contributed by atoms with Gasteiger partial charge >= 0.3 is 5.84 Å². The van der Waals surface area contributed by atoms with Crippen LogP contribution in [0.3, 0.4) is 0 Å². The van der Waals surface area contributed by atoms with E-state index in [0.29, 0.717) is 35.6 Å². The van der Waals surface area contributed by atoms with Gasteiger partial charge < -0.3 is 15.5 Å². The molecule has 1 aliphatic heterocycles. The zero-order valence-electron chi connectivity index (χ0n) is 15.4. The predicted octanol–water partition coefficient (Wildman–Crippen LogP) is 2.40. The van der Waals surface area contributed by atoms with Crippen molar-refractivity contribution in [1.29, 1.82) is 0 Å². The van der Waals surface area contributed by atoms with E-state index in [2.05, 4.69) is 20.6 Å². The Hall–Kier alpha value is -2.97. The number of aromatic nitrogens is 2. The number of allylic oxidation sites excluding steroid dienone is 1. The Balaban J connectivity index is 1.52. The molecule has 4 rings (SSSR count). The molecule has 0 unspecified atom stereocenters. The molecule has 1 fully saturated rings. The fourth-order valence-corrected chi connectivity index (χ4v) is 3.34. The van der Waals surface area contributed by atoms with Crippen LogP contribution in [0.4, 0.5) is 4.39 Å². The predicted molar refractivity (Wildman–Crippen MR) is 107 cm³/mol. The van der Waals surface area contributed by atoms with Crippen LogP contribution in [0.1, 0.15) is 18.5 Å². The lowest BCUT2D eigenvalue weighted by molar-refractivity contribution is 0.395. The van der Waals surface area contributed by atoms with Crippen LogP contribution in [0.5, 0.6) is 0 Å². The summed E-state index contributed by atoms with van der Waals surface area (Å²) in [6, 6.07) is 6.59. The summed E-state index contributed by atoms with van der Waals surface area (Å²) in [5.74, 6) is 0.124. The summed E-state index contributed by atoms with van der Waals surface area (Å²) in [7, 11) is 0. The van der Waals surface area contributed by atoms with E-state index in [4.69, 9.17) is 10.2 Å². The number of aliphatic imine (C=N–C) groups is 1. The number of rotatable bonds is 6. The van der Waals surface area contributed by atoms with E-state index in [1.165, 1.54) is 18.6 Å². The Bertz CT molecular complexity index is 982. The highest BCUT2D eigenvalue weighted by atomic mass is 19.1. The molecule has 28 heavy (non-hydrogen) atoms. The van der Waals surface area contributed by atoms with Gasteiger partial charge in [0.1, 0.15) is 17.8 Å². The first-order valence-electron chi connectivity index (χ1n) is 9.34. The quantitative estimate of drug-likeness (QED) is 0.570. The number of nitrogens with one attached hydrogen (secondary N) is 2. The number of imidazole rings is 1. The SMILES string of the molecule is N/C(=C\C=N/CN[C@@H]1CCCNC1)c1c(-c2ccc(F)cc2)nc2occn12. The van der Waals surface area contributed by atoms with E-state index in [0.717, 1.165) is 25.1 Å². The van der Waals surface area contributed by atoms with Crippen molar-refractivity contribution in [2.75, 3.05) is 19.8 Å². The molecule has 1 saturated heterocycles. The van der Waals surface area contributed by atoms with Crippen molar-refractivity contribution < 1.29 is 8.81 Å². The Kier molecular flexibility index (Phi) is 5.50. The maximum Gasteiger partial charge on any atom is 0.306 e. The average Bonchev–Trinajstić information content (AvgIpc) is 3.30. The number of oxazole rings is 1. The summed E-state index contributed by atoms with van der Waals surface area (Å²) >= 11 is 0. The lowest BCUT2D eigenvalue weighted by Gasteiger charge is -2.22. The van der Waals surface area contributed by atoms with E-state index in [-0.39, 0.29) is 5.82 Å². The molecule has 0 saturated carbocycles. The molecule has 3 aromatic rings. The van der Waals surface area contributed by atoms with Crippen LogP contribution in [0.15, 0.2) is 52.2 Å². The monoisotopic (exact) mass is 382 g/mol. The lowest BCUT2D eigenvalue weighted by atomic mass is 10.1. The zero-order chi connectivity index (χ0) is 19.3. The molecule has 0 bridgehead atoms. The molecular formula is C20H23FN6O. The van der Waals surface area contributed by atoms with E-state index in [1.807, 2.05) is 0 Å². The third-order valence-corrected chi connectivity index (χ3v) is 4.78. The number of fused-ring (bicyclic) bond motifs is 1. The highest BCUT2D eigenvalue weighted by molar-refractivity contribution is 5.87. The number of hydrogen-bond donors (Lipinski definition) is 3. The molecule has 1 atom stereocenters. The van der Waals surface area contributed by atoms with Gasteiger partial charge in [0.15, 0.2) is 0 Å². The maximum atomic E-state index is 13.3. The van der Waals surface area contributed by atoms with Crippen LogP contribution in [0.2, 0.25) is 0 Å². The van der Waals surface area contributed by atoms with Gasteiger partial charge in [-0.3, -0.25) is 14.7 Å². The molecule has 0 spiro atoms. The maximum absolute atomic E-state index is 13.3. The van der Waals surface area contributed by atoms with Crippen LogP contribution in [0.25, 0.3) is 22.8 Å². The smallest absolute Gasteiger partial charge is 0.306 e. The minimum absolute atomic E-state index is 0.301. The van der Waals surface area contributed by atoms with Crippen LogP contribution in [0, 0.1) is 5.82 Å². The number of nitrogens with zero attached hydrogens (tertiary/aromatic N) is 3. The highest BCUT2D eigenvalue weighted by Crippen LogP contribution is 2.28. The number of benzene rings is 1. The van der Waals surface area contributed by atoms with Gasteiger partial charge in [0.25, 0.3) is 0 Å². The van der Waals surface area contributed by atoms with Crippen molar-refractivity contribution >= 4 is 17.8 Å². The third-order valence-electron chi connectivity index (χ3n) is 4.78. The molecule has 7 nitrogen and oxygen atoms in total. The number of hydrogen-bond acceptors (Lipinski definition) is 6. The Morgan fingerprint density at radius 3 is 3.07 bits per heavy atom. The summed E-state index contributed by atoms with van der Waals surface area (Å²) in [5, 5.41) is 6.76. The molecule has 3 heterocycles. The van der Waals surface area contributed by atoms with E-state index >= 15 is 0 Å². The zero-order valence-corrected chi connectivity index (χ0v) is 15.4. The second-order valence-electron chi connectivity index (χ2n) is 6.73.